The summed E-state index contributed by atoms with van der Waals surface area (Å²) in [6, 6.07) is 0. The van der Waals surface area contributed by atoms with Crippen LogP contribution in [-0.2, 0) is 6.42 Å². The van der Waals surface area contributed by atoms with Gasteiger partial charge in [-0.25, -0.2) is 0 Å². The lowest BCUT2D eigenvalue weighted by Gasteiger charge is -2.21. The lowest BCUT2D eigenvalue weighted by Crippen LogP contribution is -2.06. The van der Waals surface area contributed by atoms with Gasteiger partial charge in [0, 0.05) is 5.56 Å². The molecular weight excluding hydrogens is 404 g/mol. The van der Waals surface area contributed by atoms with Gasteiger partial charge in [0.1, 0.15) is 11.5 Å². The van der Waals surface area contributed by atoms with Gasteiger partial charge in [-0.3, -0.25) is 0 Å². The van der Waals surface area contributed by atoms with E-state index in [-0.39, 0.29) is 0 Å². The topological polar surface area (TPSA) is 18.5 Å². The van der Waals surface area contributed by atoms with E-state index in [0.29, 0.717) is 5.92 Å². The molecular formula is C31H50O2. The molecule has 0 radical (unpaired) electrons. The average Bonchev–Trinajstić information content (AvgIpc) is 2.75. The third-order valence-corrected chi connectivity index (χ3v) is 6.88. The Morgan fingerprint density at radius 2 is 1.21 bits per heavy atom. The maximum atomic E-state index is 5.80. The molecule has 0 fully saturated rings. The Hall–Kier alpha value is -1.96. The van der Waals surface area contributed by atoms with Gasteiger partial charge < -0.3 is 9.47 Å². The van der Waals surface area contributed by atoms with Crippen LogP contribution in [0.5, 0.6) is 11.5 Å². The highest BCUT2D eigenvalue weighted by atomic mass is 16.5. The zero-order chi connectivity index (χ0) is 25.0. The Balaban J connectivity index is 2.53. The van der Waals surface area contributed by atoms with Crippen molar-refractivity contribution in [2.45, 2.75) is 107 Å². The lowest BCUT2D eigenvalue weighted by atomic mass is 9.90. The first-order valence-corrected chi connectivity index (χ1v) is 12.8. The molecule has 0 heterocycles. The van der Waals surface area contributed by atoms with Crippen molar-refractivity contribution in [3.05, 3.63) is 57.2 Å². The van der Waals surface area contributed by atoms with Crippen molar-refractivity contribution >= 4 is 0 Å². The molecule has 0 saturated heterocycles. The summed E-state index contributed by atoms with van der Waals surface area (Å²) in [5.74, 6) is 2.73. The molecule has 1 atom stereocenters. The van der Waals surface area contributed by atoms with Crippen LogP contribution >= 0.6 is 0 Å². The molecule has 0 N–H and O–H groups in total. The first-order valence-electron chi connectivity index (χ1n) is 12.8. The van der Waals surface area contributed by atoms with Crippen LogP contribution in [0.25, 0.3) is 0 Å². The van der Waals surface area contributed by atoms with Crippen molar-refractivity contribution in [2.24, 2.45) is 5.92 Å². The first-order chi connectivity index (χ1) is 15.6. The number of hydrogen-bond donors (Lipinski definition) is 0. The van der Waals surface area contributed by atoms with Crippen LogP contribution in [0.15, 0.2) is 34.9 Å². The van der Waals surface area contributed by atoms with E-state index in [2.05, 4.69) is 73.6 Å². The van der Waals surface area contributed by atoms with Gasteiger partial charge in [0.15, 0.2) is 0 Å². The van der Waals surface area contributed by atoms with Gasteiger partial charge in [-0.15, -0.1) is 0 Å². The molecule has 0 aliphatic carbocycles. The van der Waals surface area contributed by atoms with Crippen molar-refractivity contribution in [2.75, 3.05) is 14.2 Å². The Morgan fingerprint density at radius 1 is 0.697 bits per heavy atom. The molecule has 0 bridgehead atoms. The van der Waals surface area contributed by atoms with Crippen LogP contribution in [-0.4, -0.2) is 14.2 Å². The van der Waals surface area contributed by atoms with Crippen LogP contribution in [0.4, 0.5) is 0 Å². The second-order valence-electron chi connectivity index (χ2n) is 10.1. The van der Waals surface area contributed by atoms with E-state index >= 15 is 0 Å². The van der Waals surface area contributed by atoms with Gasteiger partial charge in [-0.2, -0.15) is 0 Å². The van der Waals surface area contributed by atoms with Gasteiger partial charge in [-0.1, -0.05) is 41.9 Å². The number of ether oxygens (including phenoxy) is 2. The lowest BCUT2D eigenvalue weighted by molar-refractivity contribution is 0.387. The SMILES string of the molecule is COc1c(C)c(C)c(OC)c(CCC(C)CC/C=C(\C)CC/C=C(\C)CCC=C(C)C)c1C. The maximum Gasteiger partial charge on any atom is 0.125 e. The second kappa shape index (κ2) is 15.0. The van der Waals surface area contributed by atoms with Crippen molar-refractivity contribution < 1.29 is 9.47 Å². The van der Waals surface area contributed by atoms with Gasteiger partial charge >= 0.3 is 0 Å². The number of benzene rings is 1. The standard InChI is InChI=1S/C31H50O2/c1-22(2)14-11-15-23(3)16-12-17-24(4)18-13-19-25(5)20-21-29-28(8)30(32-9)26(6)27(7)31(29)33-10/h14,16,18,25H,11-13,15,17,19-21H2,1-10H3/b23-16+,24-18+. The molecule has 33 heavy (non-hydrogen) atoms. The van der Waals surface area contributed by atoms with E-state index in [0.717, 1.165) is 30.8 Å². The summed E-state index contributed by atoms with van der Waals surface area (Å²) in [4.78, 5) is 0. The molecule has 2 heteroatoms. The van der Waals surface area contributed by atoms with Gasteiger partial charge in [-0.05, 0) is 122 Å². The summed E-state index contributed by atoms with van der Waals surface area (Å²) in [5, 5.41) is 0. The minimum absolute atomic E-state index is 0.683. The normalized spacial score (nSPS) is 13.2. The highest BCUT2D eigenvalue weighted by Gasteiger charge is 2.19. The van der Waals surface area contributed by atoms with Crippen molar-refractivity contribution in [3.8, 4) is 11.5 Å². The summed E-state index contributed by atoms with van der Waals surface area (Å²) >= 11 is 0. The summed E-state index contributed by atoms with van der Waals surface area (Å²) < 4.78 is 11.5. The minimum atomic E-state index is 0.683. The molecule has 1 rings (SSSR count). The monoisotopic (exact) mass is 454 g/mol. The number of hydrogen-bond acceptors (Lipinski definition) is 2. The Labute approximate surface area is 205 Å². The zero-order valence-corrected chi connectivity index (χ0v) is 23.3. The molecule has 1 aromatic carbocycles. The van der Waals surface area contributed by atoms with Gasteiger partial charge in [0.25, 0.3) is 0 Å². The Bertz CT molecular complexity index is 835. The van der Waals surface area contributed by atoms with Crippen LogP contribution < -0.4 is 9.47 Å². The van der Waals surface area contributed by atoms with Gasteiger partial charge in [0.2, 0.25) is 0 Å². The molecule has 0 spiro atoms. The minimum Gasteiger partial charge on any atom is -0.496 e. The van der Waals surface area contributed by atoms with Crippen molar-refractivity contribution in [3.63, 3.8) is 0 Å². The second-order valence-corrected chi connectivity index (χ2v) is 10.1. The zero-order valence-electron chi connectivity index (χ0n) is 23.3. The van der Waals surface area contributed by atoms with Crippen LogP contribution in [0.3, 0.4) is 0 Å². The quantitative estimate of drug-likeness (QED) is 0.261. The van der Waals surface area contributed by atoms with E-state index in [1.165, 1.54) is 71.1 Å². The van der Waals surface area contributed by atoms with Crippen LogP contribution in [0.1, 0.15) is 102 Å². The molecule has 0 saturated carbocycles. The third-order valence-electron chi connectivity index (χ3n) is 6.88. The predicted molar refractivity (Wildman–Crippen MR) is 146 cm³/mol. The first kappa shape index (κ1) is 29.1. The van der Waals surface area contributed by atoms with Crippen molar-refractivity contribution in [1.82, 2.24) is 0 Å². The van der Waals surface area contributed by atoms with E-state index in [9.17, 15) is 0 Å². The van der Waals surface area contributed by atoms with E-state index < -0.39 is 0 Å². The Morgan fingerprint density at radius 3 is 1.76 bits per heavy atom. The molecule has 2 nitrogen and oxygen atoms in total. The maximum absolute atomic E-state index is 5.80. The summed E-state index contributed by atoms with van der Waals surface area (Å²) in [5.41, 5.74) is 9.37. The van der Waals surface area contributed by atoms with Crippen LogP contribution in [0, 0.1) is 26.7 Å². The molecule has 1 aromatic rings. The van der Waals surface area contributed by atoms with E-state index in [1.54, 1.807) is 14.2 Å². The fraction of sp³-hybridized carbons (Fsp3) is 0.613. The van der Waals surface area contributed by atoms with Crippen LogP contribution in [0.2, 0.25) is 0 Å². The smallest absolute Gasteiger partial charge is 0.125 e. The summed E-state index contributed by atoms with van der Waals surface area (Å²) in [6.07, 6.45) is 16.5. The summed E-state index contributed by atoms with van der Waals surface area (Å²) in [6.45, 7) is 17.7. The fourth-order valence-electron chi connectivity index (χ4n) is 4.53. The predicted octanol–water partition coefficient (Wildman–Crippen LogP) is 9.40. The average molecular weight is 455 g/mol. The largest absolute Gasteiger partial charge is 0.496 e. The number of methoxy groups -OCH3 is 2. The number of rotatable bonds is 14. The van der Waals surface area contributed by atoms with Crippen molar-refractivity contribution in [1.29, 1.82) is 0 Å². The molecule has 186 valence electrons. The van der Waals surface area contributed by atoms with E-state index in [1.807, 2.05) is 0 Å². The highest BCUT2D eigenvalue weighted by Crippen LogP contribution is 2.38. The van der Waals surface area contributed by atoms with E-state index in [4.69, 9.17) is 9.47 Å². The molecule has 0 aliphatic heterocycles. The fourth-order valence-corrected chi connectivity index (χ4v) is 4.53. The highest BCUT2D eigenvalue weighted by molar-refractivity contribution is 5.58. The molecule has 0 aliphatic rings. The molecule has 0 amide bonds. The summed E-state index contributed by atoms with van der Waals surface area (Å²) in [7, 11) is 3.55. The number of allylic oxidation sites excluding steroid dienone is 6. The Kier molecular flexibility index (Phi) is 13.3. The molecule has 0 aromatic heterocycles. The third kappa shape index (κ3) is 9.82. The molecule has 1 unspecified atom stereocenters. The van der Waals surface area contributed by atoms with Gasteiger partial charge in [0.05, 0.1) is 14.2 Å².